The van der Waals surface area contributed by atoms with E-state index in [0.717, 1.165) is 24.3 Å². The lowest BCUT2D eigenvalue weighted by Crippen LogP contribution is -2.22. The Hall–Kier alpha value is -4.51. The third-order valence-corrected chi connectivity index (χ3v) is 4.64. The summed E-state index contributed by atoms with van der Waals surface area (Å²) in [6, 6.07) is 10.8. The average molecular weight is 438 g/mol. The molecule has 0 fully saturated rings. The Labute approximate surface area is 182 Å². The maximum absolute atomic E-state index is 12.5. The summed E-state index contributed by atoms with van der Waals surface area (Å²) in [5, 5.41) is 41.0. The number of non-ortho nitro benzene ring substituents is 2. The quantitative estimate of drug-likeness (QED) is 0.269. The number of nitro benzene ring substituents is 2. The van der Waals surface area contributed by atoms with Gasteiger partial charge in [0.05, 0.1) is 32.8 Å². The van der Waals surface area contributed by atoms with Gasteiger partial charge in [-0.15, -0.1) is 0 Å². The second kappa shape index (κ2) is 8.70. The Kier molecular flexibility index (Phi) is 6.46. The number of hydrogen-bond acceptors (Lipinski definition) is 9. The van der Waals surface area contributed by atoms with Gasteiger partial charge < -0.3 is 9.47 Å². The minimum atomic E-state index is -1.25. The molecule has 0 heterocycles. The lowest BCUT2D eigenvalue weighted by molar-refractivity contribution is -0.385. The van der Waals surface area contributed by atoms with Crippen LogP contribution in [-0.4, -0.2) is 16.0 Å². The number of hydrogen-bond donors (Lipinski definition) is 0. The molecular formula is C21H18N4O7. The first-order chi connectivity index (χ1) is 14.8. The van der Waals surface area contributed by atoms with Crippen molar-refractivity contribution in [1.29, 1.82) is 10.5 Å². The molecule has 0 spiro atoms. The number of rotatable bonds is 6. The van der Waals surface area contributed by atoms with Crippen molar-refractivity contribution in [3.8, 4) is 23.6 Å². The lowest BCUT2D eigenvalue weighted by atomic mass is 9.85. The molecule has 0 saturated carbocycles. The maximum Gasteiger partial charge on any atom is 0.519 e. The zero-order chi connectivity index (χ0) is 24.3. The van der Waals surface area contributed by atoms with E-state index in [-0.39, 0.29) is 34.0 Å². The van der Waals surface area contributed by atoms with E-state index in [1.54, 1.807) is 0 Å². The molecule has 0 radical (unpaired) electrons. The van der Waals surface area contributed by atoms with Crippen LogP contribution >= 0.6 is 0 Å². The highest BCUT2D eigenvalue weighted by atomic mass is 16.7. The fourth-order valence-corrected chi connectivity index (χ4v) is 2.74. The summed E-state index contributed by atoms with van der Waals surface area (Å²) in [4.78, 5) is 33.4. The Morgan fingerprint density at radius 3 is 1.44 bits per heavy atom. The molecule has 0 aromatic heterocycles. The topological polar surface area (TPSA) is 169 Å². The van der Waals surface area contributed by atoms with Gasteiger partial charge in [0.1, 0.15) is 11.5 Å². The Morgan fingerprint density at radius 2 is 1.16 bits per heavy atom. The zero-order valence-electron chi connectivity index (χ0n) is 17.6. The molecule has 11 heteroatoms. The van der Waals surface area contributed by atoms with Crippen LogP contribution in [0.3, 0.4) is 0 Å². The first kappa shape index (κ1) is 23.8. The van der Waals surface area contributed by atoms with Gasteiger partial charge in [-0.3, -0.25) is 20.2 Å². The minimum absolute atomic E-state index is 0.0902. The van der Waals surface area contributed by atoms with Gasteiger partial charge in [-0.1, -0.05) is 0 Å². The second-order valence-corrected chi connectivity index (χ2v) is 7.80. The molecule has 0 saturated heterocycles. The molecular weight excluding hydrogens is 420 g/mol. The van der Waals surface area contributed by atoms with Crippen LogP contribution in [0.5, 0.6) is 11.5 Å². The molecule has 11 nitrogen and oxygen atoms in total. The first-order valence-corrected chi connectivity index (χ1v) is 9.12. The van der Waals surface area contributed by atoms with Crippen molar-refractivity contribution in [1.82, 2.24) is 0 Å². The summed E-state index contributed by atoms with van der Waals surface area (Å²) in [6.45, 7) is 5.98. The molecule has 2 rings (SSSR count). The van der Waals surface area contributed by atoms with Crippen LogP contribution in [0.15, 0.2) is 36.4 Å². The Morgan fingerprint density at radius 1 is 0.812 bits per heavy atom. The van der Waals surface area contributed by atoms with E-state index in [4.69, 9.17) is 9.47 Å². The fraction of sp³-hybridized carbons (Fsp3) is 0.286. The van der Waals surface area contributed by atoms with Crippen LogP contribution in [0.2, 0.25) is 0 Å². The Bertz CT molecular complexity index is 1100. The van der Waals surface area contributed by atoms with E-state index < -0.39 is 26.8 Å². The van der Waals surface area contributed by atoms with Gasteiger partial charge in [0.15, 0.2) is 0 Å². The number of nitriles is 2. The highest BCUT2D eigenvalue weighted by Crippen LogP contribution is 2.36. The van der Waals surface area contributed by atoms with Crippen LogP contribution in [0, 0.1) is 42.9 Å². The Balaban J connectivity index is 2.44. The molecule has 0 N–H and O–H groups in total. The number of nitrogens with zero attached hydrogens (tertiary/aromatic N) is 4. The maximum atomic E-state index is 12.5. The monoisotopic (exact) mass is 438 g/mol. The van der Waals surface area contributed by atoms with Crippen molar-refractivity contribution in [2.75, 3.05) is 0 Å². The number of carbonyl (C=O) groups excluding carboxylic acids is 1. The van der Waals surface area contributed by atoms with Crippen molar-refractivity contribution in [2.24, 2.45) is 0 Å². The van der Waals surface area contributed by atoms with Crippen molar-refractivity contribution < 1.29 is 24.1 Å². The highest BCUT2D eigenvalue weighted by molar-refractivity contribution is 5.70. The lowest BCUT2D eigenvalue weighted by Gasteiger charge is -2.21. The molecule has 0 bridgehead atoms. The van der Waals surface area contributed by atoms with E-state index in [9.17, 15) is 35.5 Å². The second-order valence-electron chi connectivity index (χ2n) is 7.80. The molecule has 2 aromatic carbocycles. The number of carbonyl (C=O) groups is 1. The van der Waals surface area contributed by atoms with Crippen LogP contribution in [0.1, 0.15) is 38.8 Å². The van der Waals surface area contributed by atoms with Crippen LogP contribution in [0.4, 0.5) is 16.2 Å². The number of ether oxygens (including phenoxy) is 2. The molecule has 0 atom stereocenters. The van der Waals surface area contributed by atoms with Gasteiger partial charge in [-0.25, -0.2) is 4.79 Å². The molecule has 2 aromatic rings. The predicted octanol–water partition coefficient (Wildman–Crippen LogP) is 4.68. The van der Waals surface area contributed by atoms with E-state index >= 15 is 0 Å². The van der Waals surface area contributed by atoms with Gasteiger partial charge in [0.25, 0.3) is 11.4 Å². The molecule has 0 aliphatic heterocycles. The van der Waals surface area contributed by atoms with Gasteiger partial charge in [-0.2, -0.15) is 10.5 Å². The standard InChI is InChI=1S/C21H18N4O7/c1-20(2,11-22)15-9-13(24(27)28)5-7-17(15)31-19(26)32-18-8-6-14(25(29)30)10-16(18)21(3,4)12-23/h5-10H,1-4H3. The minimum Gasteiger partial charge on any atom is -0.394 e. The van der Waals surface area contributed by atoms with E-state index in [0.29, 0.717) is 0 Å². The third kappa shape index (κ3) is 4.96. The van der Waals surface area contributed by atoms with Crippen molar-refractivity contribution in [3.63, 3.8) is 0 Å². The summed E-state index contributed by atoms with van der Waals surface area (Å²) >= 11 is 0. The van der Waals surface area contributed by atoms with Crippen LogP contribution in [-0.2, 0) is 10.8 Å². The summed E-state index contributed by atoms with van der Waals surface area (Å²) in [6.07, 6.45) is -1.25. The van der Waals surface area contributed by atoms with Crippen molar-refractivity contribution in [2.45, 2.75) is 38.5 Å². The van der Waals surface area contributed by atoms with E-state index in [1.165, 1.54) is 39.8 Å². The summed E-state index contributed by atoms with van der Waals surface area (Å²) in [7, 11) is 0. The third-order valence-electron chi connectivity index (χ3n) is 4.64. The molecule has 32 heavy (non-hydrogen) atoms. The summed E-state index contributed by atoms with van der Waals surface area (Å²) in [5.41, 5.74) is -2.87. The molecule has 0 aliphatic carbocycles. The number of benzene rings is 2. The fourth-order valence-electron chi connectivity index (χ4n) is 2.74. The normalized spacial score (nSPS) is 11.1. The molecule has 164 valence electrons. The van der Waals surface area contributed by atoms with Gasteiger partial charge >= 0.3 is 6.16 Å². The van der Waals surface area contributed by atoms with Gasteiger partial charge in [0, 0.05) is 35.4 Å². The van der Waals surface area contributed by atoms with E-state index in [1.807, 2.05) is 12.1 Å². The van der Waals surface area contributed by atoms with Crippen LogP contribution in [0.25, 0.3) is 0 Å². The number of nitro groups is 2. The first-order valence-electron chi connectivity index (χ1n) is 9.12. The largest absolute Gasteiger partial charge is 0.519 e. The molecule has 0 unspecified atom stereocenters. The highest BCUT2D eigenvalue weighted by Gasteiger charge is 2.30. The van der Waals surface area contributed by atoms with Gasteiger partial charge in [-0.05, 0) is 39.8 Å². The summed E-state index contributed by atoms with van der Waals surface area (Å²) in [5.74, 6) is -0.259. The van der Waals surface area contributed by atoms with Gasteiger partial charge in [0.2, 0.25) is 0 Å². The molecule has 0 aliphatic rings. The predicted molar refractivity (Wildman–Crippen MR) is 110 cm³/mol. The SMILES string of the molecule is CC(C)(C#N)c1cc([N+](=O)[O-])ccc1OC(=O)Oc1ccc([N+](=O)[O-])cc1C(C)(C)C#N. The van der Waals surface area contributed by atoms with E-state index in [2.05, 4.69) is 0 Å². The summed E-state index contributed by atoms with van der Waals surface area (Å²) < 4.78 is 10.4. The molecule has 0 amide bonds. The average Bonchev–Trinajstić information content (AvgIpc) is 2.73. The van der Waals surface area contributed by atoms with Crippen molar-refractivity contribution >= 4 is 17.5 Å². The van der Waals surface area contributed by atoms with Crippen LogP contribution < -0.4 is 9.47 Å². The van der Waals surface area contributed by atoms with Crippen molar-refractivity contribution in [3.05, 3.63) is 67.8 Å². The smallest absolute Gasteiger partial charge is 0.394 e. The zero-order valence-corrected chi connectivity index (χ0v) is 17.6.